The monoisotopic (exact) mass is 512 g/mol. The van der Waals surface area contributed by atoms with Crippen LogP contribution in [0.15, 0.2) is 65.8 Å². The summed E-state index contributed by atoms with van der Waals surface area (Å²) < 4.78 is 32.0. The van der Waals surface area contributed by atoms with Crippen molar-refractivity contribution in [3.63, 3.8) is 0 Å². The standard InChI is InChI=1S/C26H23ClF2N4O3/c1-26(29)14-32(13-22(26)34)23-10-16(5-6-30-23)19-12-17(28)11-18(24(19)35)15-3-4-21(20(27)9-15)33-8-7-31(2)25(33)36/h3-12,22,34-35H,13-14H2,1-2H3/t22-,26-/m0/s1. The zero-order valence-electron chi connectivity index (χ0n) is 19.5. The van der Waals surface area contributed by atoms with Gasteiger partial charge in [0.25, 0.3) is 0 Å². The van der Waals surface area contributed by atoms with Gasteiger partial charge in [-0.15, -0.1) is 0 Å². The first kappa shape index (κ1) is 24.0. The highest BCUT2D eigenvalue weighted by molar-refractivity contribution is 6.32. The number of pyridine rings is 1. The van der Waals surface area contributed by atoms with Crippen LogP contribution in [-0.2, 0) is 7.05 Å². The first-order valence-electron chi connectivity index (χ1n) is 11.2. The largest absolute Gasteiger partial charge is 0.507 e. The molecule has 10 heteroatoms. The van der Waals surface area contributed by atoms with E-state index in [1.54, 1.807) is 54.7 Å². The third-order valence-corrected chi connectivity index (χ3v) is 6.81. The van der Waals surface area contributed by atoms with Crippen LogP contribution < -0.4 is 10.6 Å². The van der Waals surface area contributed by atoms with Crippen LogP contribution in [0.5, 0.6) is 5.75 Å². The van der Waals surface area contributed by atoms with Gasteiger partial charge in [0.15, 0.2) is 5.67 Å². The number of β-amino-alcohol motifs (C(OH)–C–C–N with tert-alkyl or cyclic N) is 1. The number of halogens is 3. The Morgan fingerprint density at radius 2 is 1.81 bits per heavy atom. The number of rotatable bonds is 4. The number of hydrogen-bond acceptors (Lipinski definition) is 5. The number of benzene rings is 2. The minimum absolute atomic E-state index is 0.0413. The summed E-state index contributed by atoms with van der Waals surface area (Å²) in [7, 11) is 1.63. The average molecular weight is 513 g/mol. The van der Waals surface area contributed by atoms with Gasteiger partial charge in [-0.25, -0.2) is 18.6 Å². The number of anilines is 1. The van der Waals surface area contributed by atoms with E-state index in [-0.39, 0.29) is 40.7 Å². The first-order valence-corrected chi connectivity index (χ1v) is 11.6. The van der Waals surface area contributed by atoms with Crippen molar-refractivity contribution in [3.05, 3.63) is 82.4 Å². The number of nitrogens with zero attached hydrogens (tertiary/aromatic N) is 4. The highest BCUT2D eigenvalue weighted by Gasteiger charge is 2.43. The van der Waals surface area contributed by atoms with E-state index >= 15 is 0 Å². The minimum Gasteiger partial charge on any atom is -0.507 e. The number of imidazole rings is 1. The molecule has 0 unspecified atom stereocenters. The maximum atomic E-state index is 14.7. The van der Waals surface area contributed by atoms with Gasteiger partial charge in [0.05, 0.1) is 17.3 Å². The Morgan fingerprint density at radius 3 is 2.39 bits per heavy atom. The van der Waals surface area contributed by atoms with Crippen molar-refractivity contribution in [1.82, 2.24) is 14.1 Å². The van der Waals surface area contributed by atoms with Gasteiger partial charge in [0.1, 0.15) is 23.5 Å². The quantitative estimate of drug-likeness (QED) is 0.426. The van der Waals surface area contributed by atoms with Gasteiger partial charge in [-0.2, -0.15) is 0 Å². The van der Waals surface area contributed by atoms with E-state index in [9.17, 15) is 23.8 Å². The summed E-state index contributed by atoms with van der Waals surface area (Å²) in [5.74, 6) is -0.353. The Morgan fingerprint density at radius 1 is 1.11 bits per heavy atom. The molecule has 2 aromatic heterocycles. The van der Waals surface area contributed by atoms with Gasteiger partial charge in [0, 0.05) is 43.3 Å². The zero-order valence-corrected chi connectivity index (χ0v) is 20.2. The SMILES string of the molecule is Cn1ccn(-c2ccc(-c3cc(F)cc(-c4ccnc(N5C[C@H](O)[C@@](C)(F)C5)c4)c3O)cc2Cl)c1=O. The summed E-state index contributed by atoms with van der Waals surface area (Å²) in [4.78, 5) is 18.2. The van der Waals surface area contributed by atoms with E-state index < -0.39 is 17.6 Å². The molecule has 1 fully saturated rings. The van der Waals surface area contributed by atoms with Crippen molar-refractivity contribution < 1.29 is 19.0 Å². The maximum Gasteiger partial charge on any atom is 0.332 e. The third kappa shape index (κ3) is 4.14. The lowest BCUT2D eigenvalue weighted by Gasteiger charge is -2.19. The molecule has 0 spiro atoms. The smallest absolute Gasteiger partial charge is 0.332 e. The van der Waals surface area contributed by atoms with Crippen molar-refractivity contribution in [3.8, 4) is 33.7 Å². The van der Waals surface area contributed by atoms with Gasteiger partial charge in [-0.05, 0) is 54.4 Å². The molecule has 1 saturated heterocycles. The maximum absolute atomic E-state index is 14.7. The molecule has 3 heterocycles. The van der Waals surface area contributed by atoms with Crippen LogP contribution in [0, 0.1) is 5.82 Å². The molecule has 1 aliphatic heterocycles. The highest BCUT2D eigenvalue weighted by atomic mass is 35.5. The summed E-state index contributed by atoms with van der Waals surface area (Å²) in [6.07, 6.45) is 3.53. The van der Waals surface area contributed by atoms with Crippen LogP contribution in [0.2, 0.25) is 5.02 Å². The van der Waals surface area contributed by atoms with Gasteiger partial charge in [-0.1, -0.05) is 17.7 Å². The number of aromatic nitrogens is 3. The van der Waals surface area contributed by atoms with Crippen molar-refractivity contribution in [2.45, 2.75) is 18.7 Å². The minimum atomic E-state index is -1.78. The molecule has 0 bridgehead atoms. The number of aromatic hydroxyl groups is 1. The fourth-order valence-electron chi connectivity index (χ4n) is 4.43. The number of aliphatic hydroxyl groups is 1. The lowest BCUT2D eigenvalue weighted by Crippen LogP contribution is -2.32. The molecule has 0 aliphatic carbocycles. The van der Waals surface area contributed by atoms with E-state index in [1.165, 1.54) is 34.4 Å². The predicted octanol–water partition coefficient (Wildman–Crippen LogP) is 4.31. The Labute approximate surface area is 210 Å². The molecule has 186 valence electrons. The van der Waals surface area contributed by atoms with Gasteiger partial charge >= 0.3 is 5.69 Å². The number of alkyl halides is 1. The number of phenolic OH excluding ortho intramolecular Hbond substituents is 1. The number of aryl methyl sites for hydroxylation is 1. The highest BCUT2D eigenvalue weighted by Crippen LogP contribution is 2.41. The Hall–Kier alpha value is -3.69. The van der Waals surface area contributed by atoms with Crippen LogP contribution in [0.1, 0.15) is 6.92 Å². The number of aliphatic hydroxyl groups excluding tert-OH is 1. The molecule has 2 N–H and O–H groups in total. The molecule has 0 amide bonds. The van der Waals surface area contributed by atoms with Crippen molar-refractivity contribution in [2.24, 2.45) is 7.05 Å². The molecule has 2 atom stereocenters. The van der Waals surface area contributed by atoms with E-state index in [0.29, 0.717) is 22.6 Å². The van der Waals surface area contributed by atoms with Crippen LogP contribution in [0.3, 0.4) is 0 Å². The molecule has 5 rings (SSSR count). The second-order valence-electron chi connectivity index (χ2n) is 9.15. The second-order valence-corrected chi connectivity index (χ2v) is 9.56. The van der Waals surface area contributed by atoms with Crippen molar-refractivity contribution >= 4 is 17.4 Å². The second kappa shape index (κ2) is 8.76. The molecule has 4 aromatic rings. The summed E-state index contributed by atoms with van der Waals surface area (Å²) in [6, 6.07) is 10.5. The summed E-state index contributed by atoms with van der Waals surface area (Å²) >= 11 is 6.46. The molecule has 0 saturated carbocycles. The van der Waals surface area contributed by atoms with Gasteiger partial charge in [-0.3, -0.25) is 4.57 Å². The average Bonchev–Trinajstić information content (AvgIpc) is 3.32. The van der Waals surface area contributed by atoms with E-state index in [0.717, 1.165) is 0 Å². The summed E-state index contributed by atoms with van der Waals surface area (Å²) in [6.45, 7) is 1.36. The molecule has 1 aliphatic rings. The van der Waals surface area contributed by atoms with Crippen LogP contribution >= 0.6 is 11.6 Å². The molecule has 0 radical (unpaired) electrons. The summed E-state index contributed by atoms with van der Waals surface area (Å²) in [5.41, 5.74) is -0.237. The van der Waals surface area contributed by atoms with E-state index in [1.807, 2.05) is 0 Å². The summed E-state index contributed by atoms with van der Waals surface area (Å²) in [5, 5.41) is 21.4. The Bertz CT molecular complexity index is 1530. The zero-order chi connectivity index (χ0) is 25.8. The topological polar surface area (TPSA) is 83.5 Å². The van der Waals surface area contributed by atoms with Crippen molar-refractivity contribution in [2.75, 3.05) is 18.0 Å². The van der Waals surface area contributed by atoms with Crippen LogP contribution in [0.4, 0.5) is 14.6 Å². The van der Waals surface area contributed by atoms with E-state index in [2.05, 4.69) is 4.98 Å². The molecular weight excluding hydrogens is 490 g/mol. The molecule has 2 aromatic carbocycles. The fourth-order valence-corrected chi connectivity index (χ4v) is 4.70. The van der Waals surface area contributed by atoms with Crippen LogP contribution in [-0.4, -0.2) is 49.2 Å². The predicted molar refractivity (Wildman–Crippen MR) is 134 cm³/mol. The Kier molecular flexibility index (Phi) is 5.84. The number of phenols is 1. The van der Waals surface area contributed by atoms with E-state index in [4.69, 9.17) is 11.6 Å². The third-order valence-electron chi connectivity index (χ3n) is 6.51. The first-order chi connectivity index (χ1) is 17.0. The van der Waals surface area contributed by atoms with Crippen LogP contribution in [0.25, 0.3) is 27.9 Å². The Balaban J connectivity index is 1.54. The molecule has 7 nitrogen and oxygen atoms in total. The molecule has 36 heavy (non-hydrogen) atoms. The van der Waals surface area contributed by atoms with Gasteiger partial charge < -0.3 is 19.7 Å². The molecular formula is C26H23ClF2N4O3. The van der Waals surface area contributed by atoms with Gasteiger partial charge in [0.2, 0.25) is 0 Å². The lowest BCUT2D eigenvalue weighted by molar-refractivity contribution is 0.0459. The normalized spacial score (nSPS) is 19.7. The fraction of sp³-hybridized carbons (Fsp3) is 0.231. The lowest BCUT2D eigenvalue weighted by atomic mass is 9.97. The van der Waals surface area contributed by atoms with Crippen molar-refractivity contribution in [1.29, 1.82) is 0 Å². The number of hydrogen-bond donors (Lipinski definition) is 2.